The molecule has 112 valence electrons. The highest BCUT2D eigenvalue weighted by Gasteiger charge is 2.30. The molecule has 0 amide bonds. The normalized spacial score (nSPS) is 13.7. The smallest absolute Gasteiger partial charge is 0.323 e. The number of carbonyl (C=O) groups is 1. The van der Waals surface area contributed by atoms with Crippen LogP contribution in [0.3, 0.4) is 0 Å². The zero-order chi connectivity index (χ0) is 15.5. The number of hydrogen-bond donors (Lipinski definition) is 2. The molecule has 3 rings (SSSR count). The third kappa shape index (κ3) is 2.49. The monoisotopic (exact) mass is 294 g/mol. The van der Waals surface area contributed by atoms with Crippen LogP contribution in [0.5, 0.6) is 0 Å². The van der Waals surface area contributed by atoms with Crippen molar-refractivity contribution in [1.82, 2.24) is 4.98 Å². The maximum absolute atomic E-state index is 12.0. The van der Waals surface area contributed by atoms with Gasteiger partial charge in [-0.05, 0) is 17.2 Å². The number of methoxy groups -OCH3 is 1. The molecule has 3 aromatic rings. The Morgan fingerprint density at radius 3 is 2.50 bits per heavy atom. The van der Waals surface area contributed by atoms with Gasteiger partial charge in [0, 0.05) is 23.0 Å². The van der Waals surface area contributed by atoms with Crippen LogP contribution >= 0.6 is 0 Å². The minimum atomic E-state index is -0.758. The van der Waals surface area contributed by atoms with Crippen LogP contribution in [0.25, 0.3) is 10.9 Å². The third-order valence-corrected chi connectivity index (χ3v) is 3.95. The first-order chi connectivity index (χ1) is 10.7. The van der Waals surface area contributed by atoms with Crippen LogP contribution in [0.15, 0.2) is 60.8 Å². The second-order valence-electron chi connectivity index (χ2n) is 5.23. The molecule has 0 saturated heterocycles. The summed E-state index contributed by atoms with van der Waals surface area (Å²) in [6.45, 7) is 0. The first-order valence-electron chi connectivity index (χ1n) is 7.16. The van der Waals surface area contributed by atoms with Gasteiger partial charge in [0.2, 0.25) is 0 Å². The Balaban J connectivity index is 2.15. The molecule has 4 heteroatoms. The highest BCUT2D eigenvalue weighted by Crippen LogP contribution is 2.33. The van der Waals surface area contributed by atoms with Crippen molar-refractivity contribution >= 4 is 16.9 Å². The minimum absolute atomic E-state index is 0.259. The van der Waals surface area contributed by atoms with E-state index in [1.807, 2.05) is 60.8 Å². The average molecular weight is 294 g/mol. The van der Waals surface area contributed by atoms with Gasteiger partial charge < -0.3 is 15.5 Å². The van der Waals surface area contributed by atoms with Crippen LogP contribution in [0, 0.1) is 0 Å². The number of esters is 1. The number of carbonyl (C=O) groups excluding carboxylic acids is 1. The van der Waals surface area contributed by atoms with E-state index in [1.165, 1.54) is 7.11 Å². The summed E-state index contributed by atoms with van der Waals surface area (Å²) in [5.41, 5.74) is 9.21. The van der Waals surface area contributed by atoms with Gasteiger partial charge in [0.1, 0.15) is 6.04 Å². The van der Waals surface area contributed by atoms with Crippen LogP contribution in [0.4, 0.5) is 0 Å². The number of para-hydroxylation sites is 1. The van der Waals surface area contributed by atoms with Crippen LogP contribution < -0.4 is 5.73 Å². The van der Waals surface area contributed by atoms with Crippen molar-refractivity contribution < 1.29 is 9.53 Å². The van der Waals surface area contributed by atoms with Crippen molar-refractivity contribution in [3.8, 4) is 0 Å². The molecule has 0 aliphatic rings. The predicted molar refractivity (Wildman–Crippen MR) is 86.6 cm³/mol. The Hall–Kier alpha value is -2.59. The largest absolute Gasteiger partial charge is 0.468 e. The lowest BCUT2D eigenvalue weighted by Crippen LogP contribution is -2.38. The summed E-state index contributed by atoms with van der Waals surface area (Å²) >= 11 is 0. The van der Waals surface area contributed by atoms with E-state index in [-0.39, 0.29) is 5.92 Å². The van der Waals surface area contributed by atoms with E-state index in [0.29, 0.717) is 0 Å². The summed E-state index contributed by atoms with van der Waals surface area (Å²) in [5.74, 6) is -0.677. The van der Waals surface area contributed by atoms with Gasteiger partial charge in [-0.2, -0.15) is 0 Å². The zero-order valence-corrected chi connectivity index (χ0v) is 12.3. The number of nitrogens with two attached hydrogens (primary N) is 1. The Labute approximate surface area is 128 Å². The molecule has 1 heterocycles. The minimum Gasteiger partial charge on any atom is -0.468 e. The maximum atomic E-state index is 12.0. The Morgan fingerprint density at radius 2 is 1.77 bits per heavy atom. The van der Waals surface area contributed by atoms with Gasteiger partial charge in [-0.15, -0.1) is 0 Å². The summed E-state index contributed by atoms with van der Waals surface area (Å²) in [5, 5.41) is 1.07. The molecular formula is C18H18N2O2. The first-order valence-corrected chi connectivity index (χ1v) is 7.16. The first kappa shape index (κ1) is 14.4. The van der Waals surface area contributed by atoms with Crippen molar-refractivity contribution in [3.63, 3.8) is 0 Å². The lowest BCUT2D eigenvalue weighted by Gasteiger charge is -2.22. The van der Waals surface area contributed by atoms with Gasteiger partial charge in [0.15, 0.2) is 0 Å². The standard InChI is InChI=1S/C18H18N2O2/c1-22-18(21)17(19)16(12-7-3-2-4-8-12)14-11-20-15-10-6-5-9-13(14)15/h2-11,16-17,20H,19H2,1H3/t16-,17-/m0/s1. The molecule has 2 aromatic carbocycles. The second-order valence-corrected chi connectivity index (χ2v) is 5.23. The number of aromatic nitrogens is 1. The molecule has 0 aliphatic carbocycles. The third-order valence-electron chi connectivity index (χ3n) is 3.95. The molecule has 3 N–H and O–H groups in total. The SMILES string of the molecule is COC(=O)[C@@H](N)[C@@H](c1ccccc1)c1c[nH]c2ccccc12. The van der Waals surface area contributed by atoms with E-state index < -0.39 is 12.0 Å². The highest BCUT2D eigenvalue weighted by atomic mass is 16.5. The number of rotatable bonds is 4. The molecule has 4 nitrogen and oxygen atoms in total. The fourth-order valence-electron chi connectivity index (χ4n) is 2.86. The number of fused-ring (bicyclic) bond motifs is 1. The Bertz CT molecular complexity index is 780. The molecule has 0 unspecified atom stereocenters. The van der Waals surface area contributed by atoms with Crippen LogP contribution in [-0.2, 0) is 9.53 Å². The van der Waals surface area contributed by atoms with E-state index in [1.54, 1.807) is 0 Å². The average Bonchev–Trinajstić information content (AvgIpc) is 2.99. The Morgan fingerprint density at radius 1 is 1.09 bits per heavy atom. The van der Waals surface area contributed by atoms with Crippen LogP contribution in [-0.4, -0.2) is 24.1 Å². The maximum Gasteiger partial charge on any atom is 0.323 e. The highest BCUT2D eigenvalue weighted by molar-refractivity contribution is 5.86. The number of aromatic amines is 1. The summed E-state index contributed by atoms with van der Waals surface area (Å²) in [6, 6.07) is 17.0. The van der Waals surface area contributed by atoms with Crippen molar-refractivity contribution in [2.24, 2.45) is 5.73 Å². The summed E-state index contributed by atoms with van der Waals surface area (Å²) in [4.78, 5) is 15.2. The molecule has 0 radical (unpaired) electrons. The van der Waals surface area contributed by atoms with Gasteiger partial charge >= 0.3 is 5.97 Å². The fraction of sp³-hybridized carbons (Fsp3) is 0.167. The summed E-state index contributed by atoms with van der Waals surface area (Å²) < 4.78 is 4.85. The number of nitrogens with one attached hydrogen (secondary N) is 1. The van der Waals surface area contributed by atoms with Crippen molar-refractivity contribution in [2.75, 3.05) is 7.11 Å². The lowest BCUT2D eigenvalue weighted by atomic mass is 9.85. The predicted octanol–water partition coefficient (Wildman–Crippen LogP) is 2.80. The molecule has 1 aromatic heterocycles. The number of ether oxygens (including phenoxy) is 1. The summed E-state index contributed by atoms with van der Waals surface area (Å²) in [6.07, 6.45) is 1.92. The molecule has 0 fully saturated rings. The lowest BCUT2D eigenvalue weighted by molar-refractivity contribution is -0.142. The Kier molecular flexibility index (Phi) is 3.94. The molecule has 0 saturated carbocycles. The van der Waals surface area contributed by atoms with Crippen molar-refractivity contribution in [3.05, 3.63) is 71.9 Å². The molecule has 22 heavy (non-hydrogen) atoms. The fourth-order valence-corrected chi connectivity index (χ4v) is 2.86. The second kappa shape index (κ2) is 6.03. The number of benzene rings is 2. The summed E-state index contributed by atoms with van der Waals surface area (Å²) in [7, 11) is 1.36. The molecule has 2 atom stereocenters. The van der Waals surface area contributed by atoms with E-state index in [9.17, 15) is 4.79 Å². The molecular weight excluding hydrogens is 276 g/mol. The van der Waals surface area contributed by atoms with E-state index in [2.05, 4.69) is 4.98 Å². The van der Waals surface area contributed by atoms with E-state index in [4.69, 9.17) is 10.5 Å². The molecule has 0 bridgehead atoms. The van der Waals surface area contributed by atoms with Crippen LogP contribution in [0.1, 0.15) is 17.0 Å². The van der Waals surface area contributed by atoms with Crippen molar-refractivity contribution in [2.45, 2.75) is 12.0 Å². The van der Waals surface area contributed by atoms with Gasteiger partial charge in [-0.1, -0.05) is 48.5 Å². The van der Waals surface area contributed by atoms with Gasteiger partial charge in [0.05, 0.1) is 7.11 Å². The van der Waals surface area contributed by atoms with E-state index in [0.717, 1.165) is 22.0 Å². The van der Waals surface area contributed by atoms with Crippen molar-refractivity contribution in [1.29, 1.82) is 0 Å². The van der Waals surface area contributed by atoms with Gasteiger partial charge in [-0.3, -0.25) is 4.79 Å². The quantitative estimate of drug-likeness (QED) is 0.727. The van der Waals surface area contributed by atoms with Gasteiger partial charge in [0.25, 0.3) is 0 Å². The number of H-pyrrole nitrogens is 1. The topological polar surface area (TPSA) is 68.1 Å². The molecule has 0 spiro atoms. The van der Waals surface area contributed by atoms with Gasteiger partial charge in [-0.25, -0.2) is 0 Å². The van der Waals surface area contributed by atoms with Crippen LogP contribution in [0.2, 0.25) is 0 Å². The molecule has 0 aliphatic heterocycles. The number of hydrogen-bond acceptors (Lipinski definition) is 3. The van der Waals surface area contributed by atoms with E-state index >= 15 is 0 Å². The zero-order valence-electron chi connectivity index (χ0n) is 12.3.